The molecule has 0 aliphatic carbocycles. The minimum Gasteiger partial charge on any atom is -0.359 e. The number of aromatic nitrogens is 5. The van der Waals surface area contributed by atoms with E-state index in [4.69, 9.17) is 0 Å². The smallest absolute Gasteiger partial charge is 0.329 e. The molecular formula is C14H18N6O3S. The van der Waals surface area contributed by atoms with Gasteiger partial charge in [-0.25, -0.2) is 4.79 Å². The van der Waals surface area contributed by atoms with Crippen LogP contribution in [0.25, 0.3) is 15.2 Å². The number of nitrogens with one attached hydrogen (secondary N) is 2. The maximum Gasteiger partial charge on any atom is 0.329 e. The van der Waals surface area contributed by atoms with Crippen molar-refractivity contribution < 1.29 is 4.79 Å². The topological polar surface area (TPSA) is 115 Å². The van der Waals surface area contributed by atoms with Crippen LogP contribution in [0, 0.1) is 6.92 Å². The zero-order valence-electron chi connectivity index (χ0n) is 13.6. The number of H-pyrrole nitrogens is 1. The molecule has 1 amide bonds. The van der Waals surface area contributed by atoms with Crippen LogP contribution in [0.3, 0.4) is 0 Å². The Morgan fingerprint density at radius 1 is 1.29 bits per heavy atom. The average molecular weight is 350 g/mol. The summed E-state index contributed by atoms with van der Waals surface area (Å²) in [6.07, 6.45) is 3.81. The molecule has 0 aromatic carbocycles. The first-order valence-corrected chi connectivity index (χ1v) is 8.16. The van der Waals surface area contributed by atoms with Crippen molar-refractivity contribution in [2.24, 2.45) is 0 Å². The van der Waals surface area contributed by atoms with E-state index >= 15 is 0 Å². The Morgan fingerprint density at radius 3 is 2.46 bits per heavy atom. The molecule has 3 aromatic heterocycles. The summed E-state index contributed by atoms with van der Waals surface area (Å²) < 4.78 is 1.18. The highest BCUT2D eigenvalue weighted by Crippen LogP contribution is 2.28. The number of nitrogens with zero attached hydrogens (tertiary/aromatic N) is 4. The van der Waals surface area contributed by atoms with Crippen LogP contribution in [-0.2, 0) is 11.3 Å². The lowest BCUT2D eigenvalue weighted by molar-refractivity contribution is -0.109. The summed E-state index contributed by atoms with van der Waals surface area (Å²) in [5.74, 6) is 0. The van der Waals surface area contributed by atoms with Gasteiger partial charge in [-0.15, -0.1) is 4.80 Å². The molecule has 0 aliphatic heterocycles. The number of aryl methyl sites for hydroxylation is 1. The van der Waals surface area contributed by atoms with E-state index in [2.05, 4.69) is 20.5 Å². The third-order valence-electron chi connectivity index (χ3n) is 3.25. The van der Waals surface area contributed by atoms with Gasteiger partial charge in [0.15, 0.2) is 0 Å². The van der Waals surface area contributed by atoms with Gasteiger partial charge in [-0.3, -0.25) is 19.1 Å². The molecule has 3 aromatic rings. The number of hydrogen-bond acceptors (Lipinski definition) is 6. The summed E-state index contributed by atoms with van der Waals surface area (Å²) in [6.45, 7) is 6.53. The molecule has 24 heavy (non-hydrogen) atoms. The van der Waals surface area contributed by atoms with Gasteiger partial charge in [0.2, 0.25) is 6.41 Å². The largest absolute Gasteiger partial charge is 0.359 e. The van der Waals surface area contributed by atoms with Gasteiger partial charge in [0.05, 0.1) is 17.8 Å². The Balaban J connectivity index is 0.000000368. The van der Waals surface area contributed by atoms with E-state index in [-0.39, 0.29) is 11.2 Å². The van der Waals surface area contributed by atoms with Crippen molar-refractivity contribution in [2.75, 3.05) is 6.54 Å². The Hall–Kier alpha value is -2.75. The zero-order valence-corrected chi connectivity index (χ0v) is 14.4. The van der Waals surface area contributed by atoms with Crippen molar-refractivity contribution in [3.05, 3.63) is 38.8 Å². The van der Waals surface area contributed by atoms with Crippen LogP contribution in [0.1, 0.15) is 19.4 Å². The fourth-order valence-corrected chi connectivity index (χ4v) is 3.23. The van der Waals surface area contributed by atoms with Crippen molar-refractivity contribution in [3.8, 4) is 5.00 Å². The molecule has 9 nitrogen and oxygen atoms in total. The summed E-state index contributed by atoms with van der Waals surface area (Å²) in [6, 6.07) is 0. The van der Waals surface area contributed by atoms with Crippen LogP contribution in [-0.4, -0.2) is 37.5 Å². The van der Waals surface area contributed by atoms with Gasteiger partial charge in [-0.1, -0.05) is 11.3 Å². The van der Waals surface area contributed by atoms with Crippen LogP contribution in [0.15, 0.2) is 22.0 Å². The van der Waals surface area contributed by atoms with Crippen LogP contribution >= 0.6 is 11.3 Å². The molecule has 128 valence electrons. The van der Waals surface area contributed by atoms with Gasteiger partial charge in [0.1, 0.15) is 9.83 Å². The second-order valence-corrected chi connectivity index (χ2v) is 5.71. The lowest BCUT2D eigenvalue weighted by Gasteiger charge is -2.00. The first kappa shape index (κ1) is 17.6. The summed E-state index contributed by atoms with van der Waals surface area (Å²) in [5, 5.41) is 11.8. The number of thiophene rings is 1. The standard InChI is InChI=1S/C11H11N5O2S.C3H7NO/c1-3-15-9(17)7-6(2)10(16-12-4-5-13-16)19-8(7)14-11(15)18;1-2-4-3-5/h4-5H,3H2,1-2H3,(H,14,18);3H,2H2,1H3,(H,4,5). The van der Waals surface area contributed by atoms with Crippen molar-refractivity contribution in [1.29, 1.82) is 0 Å². The van der Waals surface area contributed by atoms with Crippen LogP contribution in [0.2, 0.25) is 0 Å². The molecule has 0 fully saturated rings. The van der Waals surface area contributed by atoms with Crippen molar-refractivity contribution in [2.45, 2.75) is 27.3 Å². The van der Waals surface area contributed by atoms with Gasteiger partial charge in [0.25, 0.3) is 5.56 Å². The van der Waals surface area contributed by atoms with E-state index < -0.39 is 0 Å². The highest BCUT2D eigenvalue weighted by molar-refractivity contribution is 7.21. The SMILES string of the molecule is CCNC=O.CCn1c(=O)[nH]c2sc(-n3nccn3)c(C)c2c1=O. The fraction of sp³-hybridized carbons (Fsp3) is 0.357. The first-order chi connectivity index (χ1) is 11.5. The highest BCUT2D eigenvalue weighted by atomic mass is 32.1. The predicted octanol–water partition coefficient (Wildman–Crippen LogP) is 0.413. The molecule has 0 aliphatic rings. The van der Waals surface area contributed by atoms with Crippen molar-refractivity contribution in [3.63, 3.8) is 0 Å². The van der Waals surface area contributed by atoms with E-state index in [1.807, 2.05) is 13.8 Å². The minimum atomic E-state index is -0.388. The molecule has 0 spiro atoms. The number of carbonyl (C=O) groups excluding carboxylic acids is 1. The van der Waals surface area contributed by atoms with E-state index in [0.29, 0.717) is 23.2 Å². The minimum absolute atomic E-state index is 0.270. The number of carbonyl (C=O) groups is 1. The molecule has 0 unspecified atom stereocenters. The van der Waals surface area contributed by atoms with Crippen LogP contribution < -0.4 is 16.6 Å². The summed E-state index contributed by atoms with van der Waals surface area (Å²) in [7, 11) is 0. The molecule has 3 heterocycles. The Bertz CT molecular complexity index is 938. The number of fused-ring (bicyclic) bond motifs is 1. The summed E-state index contributed by atoms with van der Waals surface area (Å²) >= 11 is 1.30. The molecule has 3 rings (SSSR count). The molecule has 0 atom stereocenters. The maximum absolute atomic E-state index is 12.3. The third-order valence-corrected chi connectivity index (χ3v) is 4.42. The average Bonchev–Trinajstić information content (AvgIpc) is 3.17. The number of rotatable bonds is 4. The van der Waals surface area contributed by atoms with Crippen molar-refractivity contribution in [1.82, 2.24) is 29.9 Å². The molecule has 0 saturated carbocycles. The highest BCUT2D eigenvalue weighted by Gasteiger charge is 2.17. The maximum atomic E-state index is 12.3. The summed E-state index contributed by atoms with van der Waals surface area (Å²) in [4.78, 5) is 38.1. The fourth-order valence-electron chi connectivity index (χ4n) is 2.12. The summed E-state index contributed by atoms with van der Waals surface area (Å²) in [5.41, 5.74) is 0.120. The number of aromatic amines is 1. The molecule has 0 saturated heterocycles. The zero-order chi connectivity index (χ0) is 17.7. The van der Waals surface area contributed by atoms with Gasteiger partial charge >= 0.3 is 5.69 Å². The lowest BCUT2D eigenvalue weighted by atomic mass is 10.2. The van der Waals surface area contributed by atoms with E-state index in [9.17, 15) is 14.4 Å². The second-order valence-electron chi connectivity index (χ2n) is 4.71. The predicted molar refractivity (Wildman–Crippen MR) is 91.8 cm³/mol. The monoisotopic (exact) mass is 350 g/mol. The Morgan fingerprint density at radius 2 is 1.96 bits per heavy atom. The Kier molecular flexibility index (Phi) is 5.64. The van der Waals surface area contributed by atoms with E-state index in [1.54, 1.807) is 19.3 Å². The van der Waals surface area contributed by atoms with Crippen LogP contribution in [0.5, 0.6) is 0 Å². The third kappa shape index (κ3) is 3.27. The second kappa shape index (κ2) is 7.68. The van der Waals surface area contributed by atoms with Gasteiger partial charge < -0.3 is 5.32 Å². The molecule has 2 N–H and O–H groups in total. The Labute approximate surface area is 140 Å². The van der Waals surface area contributed by atoms with E-state index in [1.165, 1.54) is 20.7 Å². The molecule has 10 heteroatoms. The molecule has 0 bridgehead atoms. The number of hydrogen-bond donors (Lipinski definition) is 2. The van der Waals surface area contributed by atoms with Crippen molar-refractivity contribution >= 4 is 28.0 Å². The quantitative estimate of drug-likeness (QED) is 0.662. The van der Waals surface area contributed by atoms with Gasteiger partial charge in [-0.2, -0.15) is 10.2 Å². The first-order valence-electron chi connectivity index (χ1n) is 7.35. The lowest BCUT2D eigenvalue weighted by Crippen LogP contribution is -2.34. The molecular weight excluding hydrogens is 332 g/mol. The van der Waals surface area contributed by atoms with Gasteiger partial charge in [0, 0.05) is 18.7 Å². The number of amides is 1. The van der Waals surface area contributed by atoms with Crippen LogP contribution in [0.4, 0.5) is 0 Å². The van der Waals surface area contributed by atoms with Gasteiger partial charge in [-0.05, 0) is 20.8 Å². The van der Waals surface area contributed by atoms with E-state index in [0.717, 1.165) is 17.1 Å². The normalized spacial score (nSPS) is 10.3. The molecule has 0 radical (unpaired) electrons.